The third kappa shape index (κ3) is 2.42. The van der Waals surface area contributed by atoms with Gasteiger partial charge in [-0.15, -0.1) is 0 Å². The Morgan fingerprint density at radius 1 is 0.833 bits per heavy atom. The molecule has 0 aromatic heterocycles. The Balaban J connectivity index is 2.33. The summed E-state index contributed by atoms with van der Waals surface area (Å²) in [7, 11) is -2.73. The smallest absolute Gasteiger partial charge is 0.370 e. The quantitative estimate of drug-likeness (QED) is 0.719. The highest BCUT2D eigenvalue weighted by Crippen LogP contribution is 2.23. The maximum Gasteiger partial charge on any atom is 0.537 e. The lowest BCUT2D eigenvalue weighted by Crippen LogP contribution is -2.57. The average molecular weight is 264 g/mol. The summed E-state index contributed by atoms with van der Waals surface area (Å²) in [5.74, 6) is 0. The van der Waals surface area contributed by atoms with Gasteiger partial charge in [-0.1, -0.05) is 24.3 Å². The van der Waals surface area contributed by atoms with Crippen molar-refractivity contribution in [2.75, 3.05) is 19.8 Å². The van der Waals surface area contributed by atoms with Gasteiger partial charge in [0.15, 0.2) is 0 Å². The zero-order valence-electron chi connectivity index (χ0n) is 11.2. The van der Waals surface area contributed by atoms with E-state index in [2.05, 4.69) is 30.4 Å². The molecule has 1 aromatic rings. The molecule has 0 saturated carbocycles. The van der Waals surface area contributed by atoms with Crippen molar-refractivity contribution in [2.45, 2.75) is 20.8 Å². The normalized spacial score (nSPS) is 13.3. The highest BCUT2D eigenvalue weighted by molar-refractivity contribution is 6.75. The summed E-state index contributed by atoms with van der Waals surface area (Å²) in [4.78, 5) is 0. The monoisotopic (exact) mass is 264 g/mol. The first kappa shape index (κ1) is 13.5. The molecule has 98 valence electrons. The van der Waals surface area contributed by atoms with Crippen molar-refractivity contribution in [3.05, 3.63) is 29.3 Å². The van der Waals surface area contributed by atoms with Gasteiger partial charge >= 0.3 is 8.80 Å². The second-order valence-electron chi connectivity index (χ2n) is 4.03. The molecule has 0 spiro atoms. The van der Waals surface area contributed by atoms with Crippen molar-refractivity contribution in [3.63, 3.8) is 0 Å². The molecule has 18 heavy (non-hydrogen) atoms. The van der Waals surface area contributed by atoms with Gasteiger partial charge in [0.05, 0.1) is 0 Å². The molecule has 0 radical (unpaired) electrons. The lowest BCUT2D eigenvalue weighted by molar-refractivity contribution is 0.0859. The fourth-order valence-electron chi connectivity index (χ4n) is 2.09. The first-order chi connectivity index (χ1) is 8.75. The van der Waals surface area contributed by atoms with E-state index in [1.807, 2.05) is 20.8 Å². The summed E-state index contributed by atoms with van der Waals surface area (Å²) < 4.78 is 17.7. The highest BCUT2D eigenvalue weighted by atomic mass is 28.4. The Kier molecular flexibility index (Phi) is 4.34. The van der Waals surface area contributed by atoms with Gasteiger partial charge in [0.25, 0.3) is 0 Å². The Labute approximate surface area is 110 Å². The Hall–Kier alpha value is -0.943. The first-order valence-corrected chi connectivity index (χ1v) is 8.22. The van der Waals surface area contributed by atoms with Crippen molar-refractivity contribution in [1.82, 2.24) is 0 Å². The predicted molar refractivity (Wildman–Crippen MR) is 75.6 cm³/mol. The lowest BCUT2D eigenvalue weighted by atomic mass is 9.98. The average Bonchev–Trinajstić information content (AvgIpc) is 2.31. The SMILES string of the molecule is CCO[Si](OCC)(OCC)c1ccc2c(c1)C=C2. The Bertz CT molecular complexity index is 426. The van der Waals surface area contributed by atoms with Crippen LogP contribution in [0.5, 0.6) is 0 Å². The minimum absolute atomic E-state index is 0.596. The number of benzene rings is 1. The van der Waals surface area contributed by atoms with E-state index in [4.69, 9.17) is 13.3 Å². The molecule has 0 aliphatic heterocycles. The molecular formula is C14H20O3Si. The van der Waals surface area contributed by atoms with Crippen LogP contribution in [-0.4, -0.2) is 28.6 Å². The number of hydrogen-bond donors (Lipinski definition) is 0. The van der Waals surface area contributed by atoms with Crippen LogP contribution in [0.2, 0.25) is 0 Å². The maximum atomic E-state index is 5.89. The van der Waals surface area contributed by atoms with E-state index in [1.54, 1.807) is 0 Å². The fraction of sp³-hybridized carbons (Fsp3) is 0.429. The van der Waals surface area contributed by atoms with Gasteiger partial charge in [-0.3, -0.25) is 0 Å². The van der Waals surface area contributed by atoms with Crippen molar-refractivity contribution in [2.24, 2.45) is 0 Å². The summed E-state index contributed by atoms with van der Waals surface area (Å²) in [6, 6.07) is 6.29. The van der Waals surface area contributed by atoms with E-state index >= 15 is 0 Å². The van der Waals surface area contributed by atoms with Crippen LogP contribution in [0.3, 0.4) is 0 Å². The van der Waals surface area contributed by atoms with E-state index < -0.39 is 8.80 Å². The minimum Gasteiger partial charge on any atom is -0.370 e. The van der Waals surface area contributed by atoms with Crippen LogP contribution >= 0.6 is 0 Å². The molecule has 3 nitrogen and oxygen atoms in total. The molecule has 0 N–H and O–H groups in total. The minimum atomic E-state index is -2.73. The summed E-state index contributed by atoms with van der Waals surface area (Å²) in [5, 5.41) is 1.05. The second-order valence-corrected chi connectivity index (χ2v) is 6.59. The Morgan fingerprint density at radius 3 is 1.78 bits per heavy atom. The number of hydrogen-bond acceptors (Lipinski definition) is 3. The fourth-order valence-corrected chi connectivity index (χ4v) is 4.60. The summed E-state index contributed by atoms with van der Waals surface area (Å²) in [6.07, 6.45) is 4.20. The van der Waals surface area contributed by atoms with Gasteiger partial charge in [-0.2, -0.15) is 0 Å². The molecular weight excluding hydrogens is 244 g/mol. The van der Waals surface area contributed by atoms with Gasteiger partial charge in [-0.25, -0.2) is 0 Å². The maximum absolute atomic E-state index is 5.89. The molecule has 0 amide bonds. The summed E-state index contributed by atoms with van der Waals surface area (Å²) in [6.45, 7) is 7.71. The van der Waals surface area contributed by atoms with Crippen LogP contribution in [0.25, 0.3) is 12.2 Å². The molecule has 0 bridgehead atoms. The van der Waals surface area contributed by atoms with Gasteiger partial charge in [0.1, 0.15) is 0 Å². The van der Waals surface area contributed by atoms with E-state index in [-0.39, 0.29) is 0 Å². The van der Waals surface area contributed by atoms with Crippen LogP contribution < -0.4 is 5.19 Å². The molecule has 2 rings (SSSR count). The van der Waals surface area contributed by atoms with Crippen molar-refractivity contribution in [3.8, 4) is 0 Å². The molecule has 1 aliphatic rings. The van der Waals surface area contributed by atoms with Crippen molar-refractivity contribution >= 4 is 26.1 Å². The highest BCUT2D eigenvalue weighted by Gasteiger charge is 2.43. The van der Waals surface area contributed by atoms with E-state index in [0.717, 1.165) is 5.19 Å². The van der Waals surface area contributed by atoms with E-state index in [1.165, 1.54) is 11.1 Å². The molecule has 0 saturated heterocycles. The van der Waals surface area contributed by atoms with E-state index in [9.17, 15) is 0 Å². The number of rotatable bonds is 7. The largest absolute Gasteiger partial charge is 0.537 e. The van der Waals surface area contributed by atoms with Crippen LogP contribution in [-0.2, 0) is 13.3 Å². The molecule has 0 heterocycles. The van der Waals surface area contributed by atoms with Gasteiger partial charge in [0.2, 0.25) is 0 Å². The third-order valence-electron chi connectivity index (χ3n) is 2.89. The molecule has 0 unspecified atom stereocenters. The van der Waals surface area contributed by atoms with Crippen LogP contribution in [0, 0.1) is 0 Å². The van der Waals surface area contributed by atoms with Gasteiger partial charge in [0, 0.05) is 25.0 Å². The van der Waals surface area contributed by atoms with Crippen LogP contribution in [0.15, 0.2) is 18.2 Å². The topological polar surface area (TPSA) is 27.7 Å². The zero-order valence-corrected chi connectivity index (χ0v) is 12.2. The first-order valence-electron chi connectivity index (χ1n) is 6.50. The van der Waals surface area contributed by atoms with Crippen LogP contribution in [0.4, 0.5) is 0 Å². The molecule has 0 fully saturated rings. The van der Waals surface area contributed by atoms with E-state index in [0.29, 0.717) is 19.8 Å². The third-order valence-corrected chi connectivity index (χ3v) is 5.91. The molecule has 4 heteroatoms. The molecule has 0 atom stereocenters. The predicted octanol–water partition coefficient (Wildman–Crippen LogP) is 2.43. The molecule has 1 aliphatic carbocycles. The summed E-state index contributed by atoms with van der Waals surface area (Å²) >= 11 is 0. The second kappa shape index (κ2) is 5.80. The Morgan fingerprint density at radius 2 is 1.39 bits per heavy atom. The molecule has 1 aromatic carbocycles. The van der Waals surface area contributed by atoms with Crippen LogP contribution in [0.1, 0.15) is 31.9 Å². The lowest BCUT2D eigenvalue weighted by Gasteiger charge is -2.29. The van der Waals surface area contributed by atoms with Gasteiger partial charge in [-0.05, 0) is 38.0 Å². The van der Waals surface area contributed by atoms with Crippen molar-refractivity contribution < 1.29 is 13.3 Å². The number of fused-ring (bicyclic) bond motifs is 1. The standard InChI is InChI=1S/C14H20O3Si/c1-4-15-18(16-5-2,17-6-3)14-10-9-12-7-8-13(12)11-14/h7-11H,4-6H2,1-3H3. The summed E-state index contributed by atoms with van der Waals surface area (Å²) in [5.41, 5.74) is 2.51. The van der Waals surface area contributed by atoms with Crippen molar-refractivity contribution in [1.29, 1.82) is 0 Å². The van der Waals surface area contributed by atoms with Gasteiger partial charge < -0.3 is 13.3 Å². The zero-order chi connectivity index (χ0) is 13.0.